The number of nitrogens with two attached hydrogens (primary N) is 1. The van der Waals surface area contributed by atoms with Crippen molar-refractivity contribution in [3.8, 4) is 0 Å². The van der Waals surface area contributed by atoms with Crippen LogP contribution in [0, 0.1) is 0 Å². The largest absolute Gasteiger partial charge is 0.355 e. The maximum Gasteiger partial charge on any atom is 0.238 e. The van der Waals surface area contributed by atoms with Gasteiger partial charge in [-0.2, -0.15) is 0 Å². The average molecular weight is 213 g/mol. The van der Waals surface area contributed by atoms with Crippen LogP contribution in [0.15, 0.2) is 0 Å². The van der Waals surface area contributed by atoms with Gasteiger partial charge in [0.1, 0.15) is 6.04 Å². The van der Waals surface area contributed by atoms with Crippen molar-refractivity contribution >= 4 is 5.91 Å². The molecule has 15 heavy (non-hydrogen) atoms. The van der Waals surface area contributed by atoms with E-state index in [9.17, 15) is 4.79 Å². The molecule has 1 aliphatic rings. The Labute approximate surface area is 92.2 Å². The van der Waals surface area contributed by atoms with E-state index in [2.05, 4.69) is 37.9 Å². The fourth-order valence-corrected chi connectivity index (χ4v) is 2.44. The number of carbonyl (C=O) groups is 1. The zero-order chi connectivity index (χ0) is 11.6. The van der Waals surface area contributed by atoms with E-state index in [1.165, 1.54) is 0 Å². The van der Waals surface area contributed by atoms with Crippen molar-refractivity contribution in [2.24, 2.45) is 5.73 Å². The molecule has 1 fully saturated rings. The monoisotopic (exact) mass is 213 g/mol. The molecule has 0 aliphatic carbocycles. The van der Waals surface area contributed by atoms with Gasteiger partial charge < -0.3 is 11.1 Å². The number of rotatable bonds is 1. The lowest BCUT2D eigenvalue weighted by Gasteiger charge is -2.43. The summed E-state index contributed by atoms with van der Waals surface area (Å²) < 4.78 is 0. The SMILES string of the molecule is CC1CCNC(=O)C(CN)N1C(C)(C)C. The highest BCUT2D eigenvalue weighted by Crippen LogP contribution is 2.23. The lowest BCUT2D eigenvalue weighted by molar-refractivity contribution is -0.127. The molecule has 3 N–H and O–H groups in total. The molecule has 0 radical (unpaired) electrons. The molecule has 0 aromatic carbocycles. The van der Waals surface area contributed by atoms with Crippen molar-refractivity contribution in [2.45, 2.75) is 51.7 Å². The molecule has 1 rings (SSSR count). The fraction of sp³-hybridized carbons (Fsp3) is 0.909. The third-order valence-corrected chi connectivity index (χ3v) is 2.97. The minimum Gasteiger partial charge on any atom is -0.355 e. The lowest BCUT2D eigenvalue weighted by Crippen LogP contribution is -2.58. The Morgan fingerprint density at radius 2 is 2.13 bits per heavy atom. The Bertz CT molecular complexity index is 234. The van der Waals surface area contributed by atoms with Crippen molar-refractivity contribution in [2.75, 3.05) is 13.1 Å². The van der Waals surface area contributed by atoms with Gasteiger partial charge in [-0.3, -0.25) is 9.69 Å². The van der Waals surface area contributed by atoms with Gasteiger partial charge in [0.2, 0.25) is 5.91 Å². The van der Waals surface area contributed by atoms with E-state index in [0.29, 0.717) is 12.6 Å². The molecule has 2 atom stereocenters. The highest BCUT2D eigenvalue weighted by Gasteiger charge is 2.37. The minimum atomic E-state index is -0.192. The fourth-order valence-electron chi connectivity index (χ4n) is 2.44. The van der Waals surface area contributed by atoms with E-state index < -0.39 is 0 Å². The van der Waals surface area contributed by atoms with Crippen LogP contribution in [0.5, 0.6) is 0 Å². The van der Waals surface area contributed by atoms with Gasteiger partial charge >= 0.3 is 0 Å². The van der Waals surface area contributed by atoms with Crippen molar-refractivity contribution in [3.63, 3.8) is 0 Å². The van der Waals surface area contributed by atoms with Gasteiger partial charge in [0.25, 0.3) is 0 Å². The first-order chi connectivity index (χ1) is 6.88. The topological polar surface area (TPSA) is 58.4 Å². The molecular formula is C11H23N3O. The molecule has 0 spiro atoms. The summed E-state index contributed by atoms with van der Waals surface area (Å²) in [6.07, 6.45) is 0.986. The Morgan fingerprint density at radius 3 is 2.60 bits per heavy atom. The molecule has 1 heterocycles. The van der Waals surface area contributed by atoms with Crippen molar-refractivity contribution in [1.29, 1.82) is 0 Å². The van der Waals surface area contributed by atoms with Crippen LogP contribution < -0.4 is 11.1 Å². The molecule has 1 amide bonds. The highest BCUT2D eigenvalue weighted by atomic mass is 16.2. The number of hydrogen-bond donors (Lipinski definition) is 2. The molecule has 88 valence electrons. The van der Waals surface area contributed by atoms with E-state index in [-0.39, 0.29) is 17.5 Å². The second kappa shape index (κ2) is 4.49. The summed E-state index contributed by atoms with van der Waals surface area (Å²) in [5, 5.41) is 2.92. The maximum absolute atomic E-state index is 11.8. The van der Waals surface area contributed by atoms with E-state index in [1.54, 1.807) is 0 Å². The number of carbonyl (C=O) groups excluding carboxylic acids is 1. The zero-order valence-corrected chi connectivity index (χ0v) is 10.2. The summed E-state index contributed by atoms with van der Waals surface area (Å²) in [7, 11) is 0. The third-order valence-electron chi connectivity index (χ3n) is 2.97. The predicted molar refractivity (Wildman–Crippen MR) is 61.5 cm³/mol. The van der Waals surface area contributed by atoms with Crippen LogP contribution in [0.2, 0.25) is 0 Å². The summed E-state index contributed by atoms with van der Waals surface area (Å²) >= 11 is 0. The van der Waals surface area contributed by atoms with Crippen LogP contribution in [-0.4, -0.2) is 41.5 Å². The second-order valence-corrected chi connectivity index (χ2v) is 5.26. The van der Waals surface area contributed by atoms with Crippen LogP contribution >= 0.6 is 0 Å². The van der Waals surface area contributed by atoms with E-state index in [1.807, 2.05) is 0 Å². The Hall–Kier alpha value is -0.610. The first-order valence-corrected chi connectivity index (χ1v) is 5.64. The number of hydrogen-bond acceptors (Lipinski definition) is 3. The van der Waals surface area contributed by atoms with Gasteiger partial charge in [0.15, 0.2) is 0 Å². The van der Waals surface area contributed by atoms with E-state index >= 15 is 0 Å². The van der Waals surface area contributed by atoms with Gasteiger partial charge in [-0.05, 0) is 34.1 Å². The quantitative estimate of drug-likeness (QED) is 0.659. The molecule has 0 aromatic rings. The lowest BCUT2D eigenvalue weighted by atomic mass is 9.99. The van der Waals surface area contributed by atoms with Crippen LogP contribution in [0.4, 0.5) is 0 Å². The Kier molecular flexibility index (Phi) is 3.73. The van der Waals surface area contributed by atoms with E-state index in [0.717, 1.165) is 13.0 Å². The standard InChI is InChI=1S/C11H23N3O/c1-8-5-6-13-10(15)9(7-12)14(8)11(2,3)4/h8-9H,5-7,12H2,1-4H3,(H,13,15). The minimum absolute atomic E-state index is 0.0227. The first kappa shape index (κ1) is 12.5. The van der Waals surface area contributed by atoms with Crippen LogP contribution in [0.1, 0.15) is 34.1 Å². The summed E-state index contributed by atoms with van der Waals surface area (Å²) in [5.74, 6) is 0.0665. The molecule has 4 nitrogen and oxygen atoms in total. The third kappa shape index (κ3) is 2.69. The number of nitrogens with one attached hydrogen (secondary N) is 1. The predicted octanol–water partition coefficient (Wildman–Crippen LogP) is 0.323. The molecular weight excluding hydrogens is 190 g/mol. The Balaban J connectivity index is 2.97. The first-order valence-electron chi connectivity index (χ1n) is 5.64. The molecule has 1 saturated heterocycles. The number of amides is 1. The maximum atomic E-state index is 11.8. The van der Waals surface area contributed by atoms with Gasteiger partial charge in [-0.15, -0.1) is 0 Å². The highest BCUT2D eigenvalue weighted by molar-refractivity contribution is 5.82. The normalized spacial score (nSPS) is 29.8. The van der Waals surface area contributed by atoms with Crippen LogP contribution in [0.3, 0.4) is 0 Å². The van der Waals surface area contributed by atoms with Crippen LogP contribution in [-0.2, 0) is 4.79 Å². The number of nitrogens with zero attached hydrogens (tertiary/aromatic N) is 1. The average Bonchev–Trinajstić information content (AvgIpc) is 2.23. The molecule has 0 saturated carbocycles. The molecule has 0 bridgehead atoms. The molecule has 2 unspecified atom stereocenters. The van der Waals surface area contributed by atoms with Crippen molar-refractivity contribution in [3.05, 3.63) is 0 Å². The molecule has 0 aromatic heterocycles. The van der Waals surface area contributed by atoms with E-state index in [4.69, 9.17) is 5.73 Å². The van der Waals surface area contributed by atoms with Crippen LogP contribution in [0.25, 0.3) is 0 Å². The van der Waals surface area contributed by atoms with Gasteiger partial charge in [-0.25, -0.2) is 0 Å². The Morgan fingerprint density at radius 1 is 1.53 bits per heavy atom. The smallest absolute Gasteiger partial charge is 0.238 e. The van der Waals surface area contributed by atoms with Crippen molar-refractivity contribution in [1.82, 2.24) is 10.2 Å². The molecule has 4 heteroatoms. The van der Waals surface area contributed by atoms with Gasteiger partial charge in [0, 0.05) is 24.7 Å². The summed E-state index contributed by atoms with van der Waals surface area (Å²) in [4.78, 5) is 14.0. The van der Waals surface area contributed by atoms with Gasteiger partial charge in [0.05, 0.1) is 0 Å². The summed E-state index contributed by atoms with van der Waals surface area (Å²) in [6, 6.07) is 0.194. The van der Waals surface area contributed by atoms with Crippen molar-refractivity contribution < 1.29 is 4.79 Å². The zero-order valence-electron chi connectivity index (χ0n) is 10.2. The van der Waals surface area contributed by atoms with Gasteiger partial charge in [-0.1, -0.05) is 0 Å². The summed E-state index contributed by atoms with van der Waals surface area (Å²) in [5.41, 5.74) is 5.69. The summed E-state index contributed by atoms with van der Waals surface area (Å²) in [6.45, 7) is 9.69. The molecule has 1 aliphatic heterocycles. The second-order valence-electron chi connectivity index (χ2n) is 5.26.